The highest BCUT2D eigenvalue weighted by Crippen LogP contribution is 2.23. The van der Waals surface area contributed by atoms with E-state index in [9.17, 15) is 5.11 Å². The Kier molecular flexibility index (Phi) is 3.42. The highest BCUT2D eigenvalue weighted by Gasteiger charge is 2.21. The number of nitrogens with zero attached hydrogens (tertiary/aromatic N) is 2. The van der Waals surface area contributed by atoms with Gasteiger partial charge >= 0.3 is 0 Å². The molecule has 2 rings (SSSR count). The van der Waals surface area contributed by atoms with Crippen molar-refractivity contribution in [3.63, 3.8) is 0 Å². The summed E-state index contributed by atoms with van der Waals surface area (Å²) in [6.07, 6.45) is 1.67. The lowest BCUT2D eigenvalue weighted by molar-refractivity contribution is 0.181. The molecule has 1 heterocycles. The quantitative estimate of drug-likeness (QED) is 0.719. The molecule has 1 aromatic heterocycles. The molecule has 5 nitrogen and oxygen atoms in total. The first-order chi connectivity index (χ1) is 8.13. The number of aromatic nitrogens is 2. The van der Waals surface area contributed by atoms with Crippen LogP contribution >= 0.6 is 0 Å². The van der Waals surface area contributed by atoms with Gasteiger partial charge in [-0.3, -0.25) is 0 Å². The molecule has 5 heteroatoms. The Morgan fingerprint density at radius 2 is 2.24 bits per heavy atom. The number of aliphatic hydroxyl groups is 1. The van der Waals surface area contributed by atoms with Crippen LogP contribution in [0, 0.1) is 0 Å². The van der Waals surface area contributed by atoms with Gasteiger partial charge in [0.2, 0.25) is 0 Å². The number of nitrogens with one attached hydrogen (secondary N) is 1. The van der Waals surface area contributed by atoms with E-state index >= 15 is 0 Å². The van der Waals surface area contributed by atoms with Gasteiger partial charge in [-0.25, -0.2) is 4.98 Å². The van der Waals surface area contributed by atoms with Gasteiger partial charge in [0.25, 0.3) is 0 Å². The highest BCUT2D eigenvalue weighted by molar-refractivity contribution is 5.75. The molecule has 17 heavy (non-hydrogen) atoms. The molecule has 0 aliphatic rings. The van der Waals surface area contributed by atoms with Crippen LogP contribution in [0.15, 0.2) is 24.5 Å². The third-order valence-electron chi connectivity index (χ3n) is 2.96. The smallest absolute Gasteiger partial charge is 0.0931 e. The SMILES string of the molecule is CN(C)C(c1ccc2nc[nH]c2c1)C(N)CO. The van der Waals surface area contributed by atoms with Gasteiger partial charge in [-0.05, 0) is 31.8 Å². The van der Waals surface area contributed by atoms with Gasteiger partial charge in [0.05, 0.1) is 30.0 Å². The standard InChI is InChI=1S/C12H18N4O/c1-16(2)12(9(13)6-17)8-3-4-10-11(5-8)15-7-14-10/h3-5,7,9,12,17H,6,13H2,1-2H3,(H,14,15). The maximum atomic E-state index is 9.22. The summed E-state index contributed by atoms with van der Waals surface area (Å²) in [5, 5.41) is 9.22. The normalized spacial score (nSPS) is 15.4. The lowest BCUT2D eigenvalue weighted by atomic mass is 9.99. The van der Waals surface area contributed by atoms with Crippen molar-refractivity contribution < 1.29 is 5.11 Å². The average molecular weight is 234 g/mol. The number of nitrogens with two attached hydrogens (primary N) is 1. The fourth-order valence-corrected chi connectivity index (χ4v) is 2.17. The summed E-state index contributed by atoms with van der Waals surface area (Å²) in [5.41, 5.74) is 8.95. The van der Waals surface area contributed by atoms with Gasteiger partial charge in [-0.1, -0.05) is 6.07 Å². The van der Waals surface area contributed by atoms with Gasteiger partial charge in [-0.15, -0.1) is 0 Å². The van der Waals surface area contributed by atoms with E-state index in [1.165, 1.54) is 0 Å². The van der Waals surface area contributed by atoms with Gasteiger partial charge < -0.3 is 20.7 Å². The zero-order valence-electron chi connectivity index (χ0n) is 10.1. The number of fused-ring (bicyclic) bond motifs is 1. The molecule has 2 unspecified atom stereocenters. The molecule has 0 radical (unpaired) electrons. The summed E-state index contributed by atoms with van der Waals surface area (Å²) in [6.45, 7) is -0.0378. The molecule has 92 valence electrons. The lowest BCUT2D eigenvalue weighted by Gasteiger charge is -2.29. The Morgan fingerprint density at radius 3 is 2.88 bits per heavy atom. The molecule has 2 atom stereocenters. The summed E-state index contributed by atoms with van der Waals surface area (Å²) >= 11 is 0. The summed E-state index contributed by atoms with van der Waals surface area (Å²) in [6, 6.07) is 5.69. The third-order valence-corrected chi connectivity index (χ3v) is 2.96. The van der Waals surface area contributed by atoms with E-state index in [4.69, 9.17) is 5.73 Å². The molecule has 0 aliphatic carbocycles. The van der Waals surface area contributed by atoms with Crippen LogP contribution in [0.2, 0.25) is 0 Å². The number of aromatic amines is 1. The molecule has 0 aliphatic heterocycles. The average Bonchev–Trinajstić information content (AvgIpc) is 2.75. The number of hydrogen-bond acceptors (Lipinski definition) is 4. The minimum atomic E-state index is -0.301. The maximum absolute atomic E-state index is 9.22. The molecule has 0 fully saturated rings. The zero-order valence-corrected chi connectivity index (χ0v) is 10.1. The molecule has 0 saturated carbocycles. The molecular formula is C12H18N4O. The second-order valence-electron chi connectivity index (χ2n) is 4.43. The number of H-pyrrole nitrogens is 1. The molecule has 1 aromatic carbocycles. The largest absolute Gasteiger partial charge is 0.395 e. The molecule has 0 bridgehead atoms. The number of likely N-dealkylation sites (N-methyl/N-ethyl adjacent to an activating group) is 1. The van der Waals surface area contributed by atoms with Crippen molar-refractivity contribution in [2.24, 2.45) is 5.73 Å². The highest BCUT2D eigenvalue weighted by atomic mass is 16.3. The fraction of sp³-hybridized carbons (Fsp3) is 0.417. The van der Waals surface area contributed by atoms with Crippen LogP contribution in [0.25, 0.3) is 11.0 Å². The lowest BCUT2D eigenvalue weighted by Crippen LogP contribution is -2.39. The van der Waals surface area contributed by atoms with Crippen molar-refractivity contribution in [2.45, 2.75) is 12.1 Å². The van der Waals surface area contributed by atoms with Crippen molar-refractivity contribution in [3.05, 3.63) is 30.1 Å². The molecule has 0 saturated heterocycles. The predicted molar refractivity (Wildman–Crippen MR) is 67.6 cm³/mol. The Morgan fingerprint density at radius 1 is 1.47 bits per heavy atom. The van der Waals surface area contributed by atoms with Crippen molar-refractivity contribution >= 4 is 11.0 Å². The predicted octanol–water partition coefficient (Wildman–Crippen LogP) is 0.485. The number of hydrogen-bond donors (Lipinski definition) is 3. The Balaban J connectivity index is 2.40. The van der Waals surface area contributed by atoms with E-state index in [1.807, 2.05) is 37.2 Å². The van der Waals surface area contributed by atoms with E-state index in [2.05, 4.69) is 9.97 Å². The summed E-state index contributed by atoms with van der Waals surface area (Å²) < 4.78 is 0. The van der Waals surface area contributed by atoms with Crippen molar-refractivity contribution in [2.75, 3.05) is 20.7 Å². The zero-order chi connectivity index (χ0) is 12.4. The van der Waals surface area contributed by atoms with Crippen molar-refractivity contribution in [1.82, 2.24) is 14.9 Å². The van der Waals surface area contributed by atoms with Gasteiger partial charge in [0, 0.05) is 6.04 Å². The molecule has 2 aromatic rings. The van der Waals surface area contributed by atoms with E-state index in [-0.39, 0.29) is 18.7 Å². The minimum Gasteiger partial charge on any atom is -0.395 e. The number of aliphatic hydroxyl groups excluding tert-OH is 1. The monoisotopic (exact) mass is 234 g/mol. The summed E-state index contributed by atoms with van der Waals surface area (Å²) in [4.78, 5) is 9.27. The van der Waals surface area contributed by atoms with Gasteiger partial charge in [0.1, 0.15) is 0 Å². The first-order valence-electron chi connectivity index (χ1n) is 5.59. The van der Waals surface area contributed by atoms with Crippen LogP contribution in [-0.4, -0.2) is 46.7 Å². The van der Waals surface area contributed by atoms with E-state index in [0.717, 1.165) is 16.6 Å². The Labute approximate surface area is 100 Å². The van der Waals surface area contributed by atoms with E-state index in [1.54, 1.807) is 6.33 Å². The van der Waals surface area contributed by atoms with E-state index < -0.39 is 0 Å². The number of imidazole rings is 1. The Bertz CT molecular complexity index is 494. The van der Waals surface area contributed by atoms with Gasteiger partial charge in [0.15, 0.2) is 0 Å². The van der Waals surface area contributed by atoms with Crippen LogP contribution in [0.5, 0.6) is 0 Å². The fourth-order valence-electron chi connectivity index (χ4n) is 2.17. The van der Waals surface area contributed by atoms with Gasteiger partial charge in [-0.2, -0.15) is 0 Å². The second kappa shape index (κ2) is 4.83. The Hall–Kier alpha value is -1.43. The second-order valence-corrected chi connectivity index (χ2v) is 4.43. The third kappa shape index (κ3) is 2.31. The maximum Gasteiger partial charge on any atom is 0.0931 e. The van der Waals surface area contributed by atoms with Crippen LogP contribution in [0.4, 0.5) is 0 Å². The first kappa shape index (κ1) is 12.0. The summed E-state index contributed by atoms with van der Waals surface area (Å²) in [5.74, 6) is 0. The van der Waals surface area contributed by atoms with Crippen LogP contribution in [-0.2, 0) is 0 Å². The molecule has 0 amide bonds. The number of rotatable bonds is 4. The number of benzene rings is 1. The molecule has 0 spiro atoms. The van der Waals surface area contributed by atoms with Crippen molar-refractivity contribution in [3.8, 4) is 0 Å². The first-order valence-corrected chi connectivity index (χ1v) is 5.59. The van der Waals surface area contributed by atoms with Crippen molar-refractivity contribution in [1.29, 1.82) is 0 Å². The van der Waals surface area contributed by atoms with Crippen LogP contribution in [0.3, 0.4) is 0 Å². The summed E-state index contributed by atoms with van der Waals surface area (Å²) in [7, 11) is 3.91. The van der Waals surface area contributed by atoms with Crippen LogP contribution in [0.1, 0.15) is 11.6 Å². The molecular weight excluding hydrogens is 216 g/mol. The molecule has 4 N–H and O–H groups in total. The minimum absolute atomic E-state index is 0.00676. The van der Waals surface area contributed by atoms with E-state index in [0.29, 0.717) is 0 Å². The van der Waals surface area contributed by atoms with Crippen LogP contribution < -0.4 is 5.73 Å². The topological polar surface area (TPSA) is 78.2 Å².